The third-order valence-corrected chi connectivity index (χ3v) is 3.29. The van der Waals surface area contributed by atoms with Gasteiger partial charge in [0.05, 0.1) is 6.04 Å². The molecule has 2 N–H and O–H groups in total. The molecule has 0 amide bonds. The van der Waals surface area contributed by atoms with Crippen molar-refractivity contribution in [3.63, 3.8) is 0 Å². The van der Waals surface area contributed by atoms with Crippen molar-refractivity contribution < 1.29 is 8.78 Å². The van der Waals surface area contributed by atoms with Crippen LogP contribution in [0.5, 0.6) is 0 Å². The lowest BCUT2D eigenvalue weighted by Crippen LogP contribution is -2.32. The largest absolute Gasteiger partial charge is 0.326 e. The van der Waals surface area contributed by atoms with Crippen LogP contribution in [0.25, 0.3) is 0 Å². The van der Waals surface area contributed by atoms with Crippen LogP contribution in [0, 0.1) is 11.6 Å². The zero-order chi connectivity index (χ0) is 12.4. The third-order valence-electron chi connectivity index (χ3n) is 3.29. The van der Waals surface area contributed by atoms with Crippen LogP contribution < -0.4 is 5.73 Å². The molecule has 0 saturated carbocycles. The minimum Gasteiger partial charge on any atom is -0.326 e. The average molecular weight is 240 g/mol. The van der Waals surface area contributed by atoms with Crippen LogP contribution in [-0.2, 0) is 0 Å². The molecular weight excluding hydrogens is 222 g/mol. The van der Waals surface area contributed by atoms with Crippen molar-refractivity contribution in [2.45, 2.75) is 31.8 Å². The minimum absolute atomic E-state index is 0.0391. The van der Waals surface area contributed by atoms with Crippen LogP contribution in [0.4, 0.5) is 8.78 Å². The van der Waals surface area contributed by atoms with E-state index in [0.717, 1.165) is 32.0 Å². The standard InChI is InChI=1S/C13H18F2N2/c1-2-4-17-5-3-12(16)13(17)9-6-10(14)8-11(15)7-9/h6-8,12-13H,2-5,16H2,1H3/t12-,13+/m0/s1. The zero-order valence-corrected chi connectivity index (χ0v) is 10.00. The summed E-state index contributed by atoms with van der Waals surface area (Å²) in [5.74, 6) is -1.06. The SMILES string of the molecule is CCCN1CC[C@H](N)[C@H]1c1cc(F)cc(F)c1. The van der Waals surface area contributed by atoms with Gasteiger partial charge in [0.1, 0.15) is 11.6 Å². The van der Waals surface area contributed by atoms with Gasteiger partial charge in [0.2, 0.25) is 0 Å². The van der Waals surface area contributed by atoms with Crippen LogP contribution in [0.2, 0.25) is 0 Å². The fraction of sp³-hybridized carbons (Fsp3) is 0.538. The molecule has 1 aromatic rings. The van der Waals surface area contributed by atoms with Gasteiger partial charge in [-0.2, -0.15) is 0 Å². The molecule has 2 atom stereocenters. The molecule has 0 spiro atoms. The van der Waals surface area contributed by atoms with Gasteiger partial charge < -0.3 is 5.73 Å². The average Bonchev–Trinajstić information content (AvgIpc) is 2.59. The molecule has 0 bridgehead atoms. The van der Waals surface area contributed by atoms with Crippen molar-refractivity contribution >= 4 is 0 Å². The second kappa shape index (κ2) is 5.10. The number of nitrogens with zero attached hydrogens (tertiary/aromatic N) is 1. The molecule has 1 aromatic carbocycles. The van der Waals surface area contributed by atoms with Gasteiger partial charge in [0.15, 0.2) is 0 Å². The van der Waals surface area contributed by atoms with E-state index in [1.165, 1.54) is 12.1 Å². The summed E-state index contributed by atoms with van der Waals surface area (Å²) < 4.78 is 26.4. The van der Waals surface area contributed by atoms with E-state index in [9.17, 15) is 8.78 Å². The molecule has 1 fully saturated rings. The van der Waals surface area contributed by atoms with Gasteiger partial charge in [0, 0.05) is 18.7 Å². The van der Waals surface area contributed by atoms with E-state index in [1.807, 2.05) is 0 Å². The minimum atomic E-state index is -0.532. The summed E-state index contributed by atoms with van der Waals surface area (Å²) in [5, 5.41) is 0. The van der Waals surface area contributed by atoms with E-state index in [0.29, 0.717) is 5.56 Å². The second-order valence-electron chi connectivity index (χ2n) is 4.64. The molecule has 0 radical (unpaired) electrons. The van der Waals surface area contributed by atoms with Crippen molar-refractivity contribution in [1.29, 1.82) is 0 Å². The zero-order valence-electron chi connectivity index (χ0n) is 10.00. The maximum absolute atomic E-state index is 13.2. The Morgan fingerprint density at radius 3 is 2.53 bits per heavy atom. The Morgan fingerprint density at radius 1 is 1.29 bits per heavy atom. The van der Waals surface area contributed by atoms with Crippen LogP contribution in [-0.4, -0.2) is 24.0 Å². The van der Waals surface area contributed by atoms with Crippen molar-refractivity contribution in [3.8, 4) is 0 Å². The summed E-state index contributed by atoms with van der Waals surface area (Å²) in [6.07, 6.45) is 1.89. The van der Waals surface area contributed by atoms with Crippen molar-refractivity contribution in [3.05, 3.63) is 35.4 Å². The Morgan fingerprint density at radius 2 is 1.94 bits per heavy atom. The highest BCUT2D eigenvalue weighted by Crippen LogP contribution is 2.31. The first kappa shape index (κ1) is 12.5. The van der Waals surface area contributed by atoms with Crippen LogP contribution >= 0.6 is 0 Å². The molecule has 2 nitrogen and oxygen atoms in total. The number of hydrogen-bond acceptors (Lipinski definition) is 2. The lowest BCUT2D eigenvalue weighted by Gasteiger charge is -2.26. The summed E-state index contributed by atoms with van der Waals surface area (Å²) in [5.41, 5.74) is 6.70. The Hall–Kier alpha value is -1.00. The molecular formula is C13H18F2N2. The van der Waals surface area contributed by atoms with E-state index >= 15 is 0 Å². The molecule has 4 heteroatoms. The molecule has 0 aromatic heterocycles. The van der Waals surface area contributed by atoms with Gasteiger partial charge in [-0.1, -0.05) is 6.92 Å². The van der Waals surface area contributed by atoms with E-state index in [-0.39, 0.29) is 12.1 Å². The summed E-state index contributed by atoms with van der Waals surface area (Å²) in [4.78, 5) is 2.21. The smallest absolute Gasteiger partial charge is 0.126 e. The predicted molar refractivity (Wildman–Crippen MR) is 63.6 cm³/mol. The van der Waals surface area contributed by atoms with Gasteiger partial charge in [-0.05, 0) is 37.1 Å². The molecule has 1 aliphatic rings. The molecule has 17 heavy (non-hydrogen) atoms. The molecule has 2 rings (SSSR count). The summed E-state index contributed by atoms with van der Waals surface area (Å²) in [6.45, 7) is 3.90. The van der Waals surface area contributed by atoms with Gasteiger partial charge in [-0.15, -0.1) is 0 Å². The number of rotatable bonds is 3. The fourth-order valence-electron chi connectivity index (χ4n) is 2.62. The molecule has 94 valence electrons. The summed E-state index contributed by atoms with van der Waals surface area (Å²) in [7, 11) is 0. The van der Waals surface area contributed by atoms with E-state index in [1.54, 1.807) is 0 Å². The number of hydrogen-bond donors (Lipinski definition) is 1. The summed E-state index contributed by atoms with van der Waals surface area (Å²) >= 11 is 0. The van der Waals surface area contributed by atoms with Crippen LogP contribution in [0.3, 0.4) is 0 Å². The Kier molecular flexibility index (Phi) is 3.74. The van der Waals surface area contributed by atoms with Gasteiger partial charge in [-0.25, -0.2) is 8.78 Å². The molecule has 1 heterocycles. The predicted octanol–water partition coefficient (Wildman–Crippen LogP) is 2.45. The Bertz CT molecular complexity index is 373. The number of likely N-dealkylation sites (tertiary alicyclic amines) is 1. The van der Waals surface area contributed by atoms with E-state index in [2.05, 4.69) is 11.8 Å². The first-order chi connectivity index (χ1) is 8.11. The molecule has 0 unspecified atom stereocenters. The van der Waals surface area contributed by atoms with E-state index in [4.69, 9.17) is 5.73 Å². The quantitative estimate of drug-likeness (QED) is 0.879. The molecule has 1 aliphatic heterocycles. The molecule has 1 saturated heterocycles. The van der Waals surface area contributed by atoms with Crippen molar-refractivity contribution in [1.82, 2.24) is 4.90 Å². The highest BCUT2D eigenvalue weighted by atomic mass is 19.1. The lowest BCUT2D eigenvalue weighted by molar-refractivity contribution is 0.247. The first-order valence-electron chi connectivity index (χ1n) is 6.07. The number of halogens is 2. The summed E-state index contributed by atoms with van der Waals surface area (Å²) in [6, 6.07) is 3.58. The lowest BCUT2D eigenvalue weighted by atomic mass is 10.0. The van der Waals surface area contributed by atoms with Crippen molar-refractivity contribution in [2.75, 3.05) is 13.1 Å². The van der Waals surface area contributed by atoms with Crippen LogP contribution in [0.15, 0.2) is 18.2 Å². The number of nitrogens with two attached hydrogens (primary N) is 1. The van der Waals surface area contributed by atoms with Crippen molar-refractivity contribution in [2.24, 2.45) is 5.73 Å². The normalized spacial score (nSPS) is 25.4. The fourth-order valence-corrected chi connectivity index (χ4v) is 2.62. The number of benzene rings is 1. The topological polar surface area (TPSA) is 29.3 Å². The van der Waals surface area contributed by atoms with E-state index < -0.39 is 11.6 Å². The Balaban J connectivity index is 2.29. The molecule has 0 aliphatic carbocycles. The monoisotopic (exact) mass is 240 g/mol. The highest BCUT2D eigenvalue weighted by molar-refractivity contribution is 5.24. The maximum atomic E-state index is 13.2. The second-order valence-corrected chi connectivity index (χ2v) is 4.64. The van der Waals surface area contributed by atoms with Gasteiger partial charge >= 0.3 is 0 Å². The van der Waals surface area contributed by atoms with Gasteiger partial charge in [-0.3, -0.25) is 4.90 Å². The highest BCUT2D eigenvalue weighted by Gasteiger charge is 2.32. The first-order valence-corrected chi connectivity index (χ1v) is 6.07. The third kappa shape index (κ3) is 2.64. The Labute approximate surface area is 100 Å². The maximum Gasteiger partial charge on any atom is 0.126 e. The van der Waals surface area contributed by atoms with Gasteiger partial charge in [0.25, 0.3) is 0 Å². The van der Waals surface area contributed by atoms with Crippen LogP contribution in [0.1, 0.15) is 31.4 Å².